The molecule has 0 heterocycles. The maximum absolute atomic E-state index is 13.0. The minimum absolute atomic E-state index is 0.0128. The van der Waals surface area contributed by atoms with Crippen LogP contribution in [-0.2, 0) is 16.9 Å². The standard InChI is InChI=1S/C22H27Cl2NOS/c1-6-8-20(16-9-7-10-19(24)15-16)22(5,25-27(26)21(2,3)4)17-11-13-18(23)14-12-17/h6-7,9-15,20,25H,1,8H2,2-5H3/t20-,22?,27-/m1/s1. The zero-order chi connectivity index (χ0) is 20.2. The van der Waals surface area contributed by atoms with Gasteiger partial charge in [-0.15, -0.1) is 11.3 Å². The van der Waals surface area contributed by atoms with E-state index in [1.54, 1.807) is 0 Å². The summed E-state index contributed by atoms with van der Waals surface area (Å²) >= 11 is 11.1. The molecule has 2 rings (SSSR count). The molecule has 27 heavy (non-hydrogen) atoms. The Labute approximate surface area is 176 Å². The highest BCUT2D eigenvalue weighted by Gasteiger charge is 2.43. The van der Waals surface area contributed by atoms with Gasteiger partial charge in [0.1, 0.15) is 4.75 Å². The van der Waals surface area contributed by atoms with Crippen LogP contribution >= 0.6 is 23.2 Å². The smallest absolute Gasteiger partial charge is 0.136 e. The fraction of sp³-hybridized carbons (Fsp3) is 0.364. The Bertz CT molecular complexity index is 773. The third-order valence-corrected chi connectivity index (χ3v) is 6.86. The van der Waals surface area contributed by atoms with E-state index in [9.17, 15) is 4.55 Å². The molecule has 0 radical (unpaired) electrons. The molecular formula is C22H27Cl2NOS. The summed E-state index contributed by atoms with van der Waals surface area (Å²) in [6.07, 6.45) is 2.59. The second-order valence-electron chi connectivity index (χ2n) is 7.82. The van der Waals surface area contributed by atoms with Crippen molar-refractivity contribution in [2.75, 3.05) is 0 Å². The zero-order valence-corrected chi connectivity index (χ0v) is 18.6. The van der Waals surface area contributed by atoms with Gasteiger partial charge in [0.25, 0.3) is 0 Å². The van der Waals surface area contributed by atoms with Crippen LogP contribution < -0.4 is 4.72 Å². The summed E-state index contributed by atoms with van der Waals surface area (Å²) in [7, 11) is 0. The van der Waals surface area contributed by atoms with E-state index in [2.05, 4.69) is 24.3 Å². The number of hydrogen-bond donors (Lipinski definition) is 1. The highest BCUT2D eigenvalue weighted by molar-refractivity contribution is 7.90. The molecular weight excluding hydrogens is 397 g/mol. The number of rotatable bonds is 7. The molecule has 0 aliphatic heterocycles. The quantitative estimate of drug-likeness (QED) is 0.400. The maximum atomic E-state index is 13.0. The lowest BCUT2D eigenvalue weighted by Gasteiger charge is -2.41. The van der Waals surface area contributed by atoms with E-state index >= 15 is 0 Å². The number of allylic oxidation sites excluding steroid dienone is 1. The lowest BCUT2D eigenvalue weighted by molar-refractivity contribution is 0.344. The lowest BCUT2D eigenvalue weighted by atomic mass is 9.75. The minimum Gasteiger partial charge on any atom is -0.598 e. The van der Waals surface area contributed by atoms with Crippen LogP contribution in [0.25, 0.3) is 0 Å². The van der Waals surface area contributed by atoms with E-state index in [1.165, 1.54) is 0 Å². The topological polar surface area (TPSA) is 35.1 Å². The number of benzene rings is 2. The third-order valence-electron chi connectivity index (χ3n) is 4.66. The van der Waals surface area contributed by atoms with Crippen LogP contribution in [0.5, 0.6) is 0 Å². The van der Waals surface area contributed by atoms with Crippen molar-refractivity contribution in [1.82, 2.24) is 4.72 Å². The molecule has 0 aromatic heterocycles. The van der Waals surface area contributed by atoms with Crippen LogP contribution in [0.3, 0.4) is 0 Å². The second-order valence-corrected chi connectivity index (χ2v) is 10.7. The average Bonchev–Trinajstić information content (AvgIpc) is 2.59. The molecule has 5 heteroatoms. The van der Waals surface area contributed by atoms with Crippen molar-refractivity contribution < 1.29 is 4.55 Å². The third kappa shape index (κ3) is 5.52. The average molecular weight is 424 g/mol. The first-order chi connectivity index (χ1) is 12.6. The predicted octanol–water partition coefficient (Wildman–Crippen LogP) is 6.62. The molecule has 1 unspecified atom stereocenters. The molecule has 0 saturated carbocycles. The number of hydrogen-bond acceptors (Lipinski definition) is 2. The highest BCUT2D eigenvalue weighted by atomic mass is 35.5. The molecule has 0 saturated heterocycles. The first-order valence-electron chi connectivity index (χ1n) is 8.90. The van der Waals surface area contributed by atoms with Crippen molar-refractivity contribution in [2.24, 2.45) is 0 Å². The molecule has 0 aliphatic carbocycles. The van der Waals surface area contributed by atoms with E-state index in [4.69, 9.17) is 23.2 Å². The number of nitrogens with one attached hydrogen (secondary N) is 1. The zero-order valence-electron chi connectivity index (χ0n) is 16.3. The van der Waals surface area contributed by atoms with Crippen LogP contribution in [0.1, 0.15) is 51.2 Å². The van der Waals surface area contributed by atoms with Gasteiger partial charge in [0.15, 0.2) is 0 Å². The SMILES string of the molecule is C=CC[C@H](c1cccc(Cl)c1)C(C)(N[S@+]([O-])C(C)(C)C)c1ccc(Cl)cc1. The Morgan fingerprint density at radius 2 is 1.70 bits per heavy atom. The molecule has 0 fully saturated rings. The highest BCUT2D eigenvalue weighted by Crippen LogP contribution is 2.42. The fourth-order valence-electron chi connectivity index (χ4n) is 3.07. The summed E-state index contributed by atoms with van der Waals surface area (Å²) in [6.45, 7) is 11.9. The number of halogens is 2. The molecule has 3 atom stereocenters. The van der Waals surface area contributed by atoms with E-state index in [-0.39, 0.29) is 5.92 Å². The fourth-order valence-corrected chi connectivity index (χ4v) is 4.34. The molecule has 146 valence electrons. The molecule has 2 nitrogen and oxygen atoms in total. The van der Waals surface area contributed by atoms with Crippen LogP contribution in [0.15, 0.2) is 61.2 Å². The van der Waals surface area contributed by atoms with Crippen LogP contribution in [0, 0.1) is 0 Å². The van der Waals surface area contributed by atoms with Crippen molar-refractivity contribution in [1.29, 1.82) is 0 Å². The molecule has 2 aromatic rings. The molecule has 2 aromatic carbocycles. The van der Waals surface area contributed by atoms with Crippen molar-refractivity contribution in [3.63, 3.8) is 0 Å². The van der Waals surface area contributed by atoms with E-state index in [0.717, 1.165) is 11.1 Å². The van der Waals surface area contributed by atoms with Crippen LogP contribution in [0.2, 0.25) is 10.0 Å². The monoisotopic (exact) mass is 423 g/mol. The largest absolute Gasteiger partial charge is 0.598 e. The maximum Gasteiger partial charge on any atom is 0.136 e. The van der Waals surface area contributed by atoms with Gasteiger partial charge in [0.2, 0.25) is 0 Å². The van der Waals surface area contributed by atoms with Gasteiger partial charge >= 0.3 is 0 Å². The van der Waals surface area contributed by atoms with E-state index in [1.807, 2.05) is 69.3 Å². The molecule has 1 N–H and O–H groups in total. The van der Waals surface area contributed by atoms with Crippen molar-refractivity contribution >= 4 is 34.6 Å². The lowest BCUT2D eigenvalue weighted by Crippen LogP contribution is -2.52. The van der Waals surface area contributed by atoms with Crippen LogP contribution in [-0.4, -0.2) is 9.30 Å². The Kier molecular flexibility index (Phi) is 7.46. The summed E-state index contributed by atoms with van der Waals surface area (Å²) in [5.74, 6) is -0.0128. The van der Waals surface area contributed by atoms with E-state index < -0.39 is 21.6 Å². The summed E-state index contributed by atoms with van der Waals surface area (Å²) in [4.78, 5) is 0. The summed E-state index contributed by atoms with van der Waals surface area (Å²) < 4.78 is 16.1. The summed E-state index contributed by atoms with van der Waals surface area (Å²) in [5.41, 5.74) is 1.47. The minimum atomic E-state index is -1.27. The summed E-state index contributed by atoms with van der Waals surface area (Å²) in [6, 6.07) is 15.5. The second kappa shape index (κ2) is 9.02. The Hall–Kier alpha value is -0.970. The van der Waals surface area contributed by atoms with Crippen molar-refractivity contribution in [3.8, 4) is 0 Å². The first-order valence-corrected chi connectivity index (χ1v) is 10.8. The van der Waals surface area contributed by atoms with Gasteiger partial charge in [-0.3, -0.25) is 0 Å². The van der Waals surface area contributed by atoms with Gasteiger partial charge < -0.3 is 4.55 Å². The van der Waals surface area contributed by atoms with Gasteiger partial charge in [-0.2, -0.15) is 0 Å². The molecule has 0 amide bonds. The Balaban J connectivity index is 2.60. The van der Waals surface area contributed by atoms with Gasteiger partial charge in [-0.05, 0) is 69.5 Å². The van der Waals surface area contributed by atoms with Crippen LogP contribution in [0.4, 0.5) is 0 Å². The first kappa shape index (κ1) is 22.3. The summed E-state index contributed by atoms with van der Waals surface area (Å²) in [5, 5.41) is 1.35. The van der Waals surface area contributed by atoms with Gasteiger partial charge in [0.05, 0.1) is 5.54 Å². The molecule has 0 aliphatic rings. The normalized spacial score (nSPS) is 16.4. The predicted molar refractivity (Wildman–Crippen MR) is 119 cm³/mol. The molecule has 0 bridgehead atoms. The Morgan fingerprint density at radius 1 is 1.07 bits per heavy atom. The van der Waals surface area contributed by atoms with Crippen molar-refractivity contribution in [2.45, 2.75) is 50.3 Å². The van der Waals surface area contributed by atoms with Gasteiger partial charge in [-0.25, -0.2) is 0 Å². The van der Waals surface area contributed by atoms with Crippen molar-refractivity contribution in [3.05, 3.63) is 82.4 Å². The van der Waals surface area contributed by atoms with Gasteiger partial charge in [0, 0.05) is 27.3 Å². The molecule has 0 spiro atoms. The van der Waals surface area contributed by atoms with E-state index in [0.29, 0.717) is 16.5 Å². The van der Waals surface area contributed by atoms with Gasteiger partial charge in [-0.1, -0.05) is 53.5 Å². The Morgan fingerprint density at radius 3 is 2.22 bits per heavy atom.